The number of hydrogen-bond acceptors (Lipinski definition) is 5. The Morgan fingerprint density at radius 1 is 1.21 bits per heavy atom. The largest absolute Gasteiger partial charge is 0.495 e. The molecule has 0 atom stereocenters. The Morgan fingerprint density at radius 3 is 2.24 bits per heavy atom. The lowest BCUT2D eigenvalue weighted by atomic mass is 10.1. The first-order valence-electron chi connectivity index (χ1n) is 7.60. The molecule has 0 spiro atoms. The number of methoxy groups -OCH3 is 1. The third kappa shape index (κ3) is 5.66. The molecule has 0 unspecified atom stereocenters. The van der Waals surface area contributed by atoms with Gasteiger partial charge in [0.05, 0.1) is 13.2 Å². The number of ether oxygens (including phenoxy) is 2. The Morgan fingerprint density at radius 2 is 1.76 bits per heavy atom. The number of amides is 1. The van der Waals surface area contributed by atoms with Crippen LogP contribution in [0.1, 0.15) is 0 Å². The van der Waals surface area contributed by atoms with Crippen LogP contribution in [0, 0.1) is 0 Å². The molecule has 29 heavy (non-hydrogen) atoms. The van der Waals surface area contributed by atoms with Crippen molar-refractivity contribution in [2.24, 2.45) is 0 Å². The van der Waals surface area contributed by atoms with Gasteiger partial charge in [-0.2, -0.15) is 26.3 Å². The molecule has 1 aliphatic rings. The first-order chi connectivity index (χ1) is 13.1. The van der Waals surface area contributed by atoms with Crippen molar-refractivity contribution in [3.63, 3.8) is 0 Å². The van der Waals surface area contributed by atoms with Crippen molar-refractivity contribution in [3.05, 3.63) is 22.7 Å². The minimum absolute atomic E-state index is 0.00878. The second-order valence-corrected chi connectivity index (χ2v) is 8.46. The van der Waals surface area contributed by atoms with E-state index in [0.29, 0.717) is 9.37 Å². The standard InChI is InChI=1S/C14H13BrF6N2O5S/c1-27-9-3-2-7(15)4-10(9)29(25,26)22-8-5-23(6-8)12(24)28-11(13(16,17)18)14(19,20)21/h2-4,8,11,22H,5-6H2,1H3. The Kier molecular flexibility index (Phi) is 6.64. The van der Waals surface area contributed by atoms with E-state index in [1.807, 2.05) is 0 Å². The SMILES string of the molecule is COc1ccc(Br)cc1S(=O)(=O)NC1CN(C(=O)OC(C(F)(F)F)C(F)(F)F)C1. The zero-order valence-corrected chi connectivity index (χ0v) is 16.7. The van der Waals surface area contributed by atoms with Gasteiger partial charge in [-0.3, -0.25) is 0 Å². The van der Waals surface area contributed by atoms with Crippen molar-refractivity contribution < 1.29 is 49.0 Å². The van der Waals surface area contributed by atoms with Gasteiger partial charge in [0.2, 0.25) is 10.0 Å². The molecule has 0 aliphatic carbocycles. The molecule has 2 rings (SSSR count). The highest BCUT2D eigenvalue weighted by Gasteiger charge is 2.60. The van der Waals surface area contributed by atoms with Crippen LogP contribution < -0.4 is 9.46 Å². The lowest BCUT2D eigenvalue weighted by Gasteiger charge is -2.39. The van der Waals surface area contributed by atoms with Crippen LogP contribution in [0.25, 0.3) is 0 Å². The summed E-state index contributed by atoms with van der Waals surface area (Å²) in [6.07, 6.45) is -17.8. The van der Waals surface area contributed by atoms with Gasteiger partial charge in [0.15, 0.2) is 0 Å². The molecule has 1 saturated heterocycles. The van der Waals surface area contributed by atoms with Gasteiger partial charge in [-0.1, -0.05) is 15.9 Å². The van der Waals surface area contributed by atoms with Crippen LogP contribution in [0.4, 0.5) is 31.1 Å². The van der Waals surface area contributed by atoms with Crippen LogP contribution >= 0.6 is 15.9 Å². The normalized spacial score (nSPS) is 16.0. The molecule has 1 aromatic rings. The number of alkyl halides is 6. The van der Waals surface area contributed by atoms with Gasteiger partial charge in [0.25, 0.3) is 6.10 Å². The van der Waals surface area contributed by atoms with E-state index in [2.05, 4.69) is 25.4 Å². The first-order valence-corrected chi connectivity index (χ1v) is 9.87. The summed E-state index contributed by atoms with van der Waals surface area (Å²) in [5.41, 5.74) is 0. The Labute approximate surface area is 169 Å². The van der Waals surface area contributed by atoms with Gasteiger partial charge < -0.3 is 14.4 Å². The van der Waals surface area contributed by atoms with Crippen LogP contribution in [0.3, 0.4) is 0 Å². The smallest absolute Gasteiger partial charge is 0.434 e. The number of nitrogens with one attached hydrogen (secondary N) is 1. The molecule has 164 valence electrons. The number of benzene rings is 1. The highest BCUT2D eigenvalue weighted by Crippen LogP contribution is 2.36. The number of hydrogen-bond donors (Lipinski definition) is 1. The molecule has 15 heteroatoms. The van der Waals surface area contributed by atoms with Crippen molar-refractivity contribution in [1.29, 1.82) is 0 Å². The average Bonchev–Trinajstić information content (AvgIpc) is 2.53. The van der Waals surface area contributed by atoms with Crippen molar-refractivity contribution in [2.75, 3.05) is 20.2 Å². The number of carbonyl (C=O) groups is 1. The molecule has 0 saturated carbocycles. The van der Waals surface area contributed by atoms with Gasteiger partial charge >= 0.3 is 18.4 Å². The summed E-state index contributed by atoms with van der Waals surface area (Å²) < 4.78 is 111. The number of rotatable bonds is 5. The Bertz CT molecular complexity index is 856. The van der Waals surface area contributed by atoms with Crippen molar-refractivity contribution in [1.82, 2.24) is 9.62 Å². The van der Waals surface area contributed by atoms with E-state index in [1.165, 1.54) is 25.3 Å². The van der Waals surface area contributed by atoms with Crippen LogP contribution in [-0.4, -0.2) is 64.1 Å². The van der Waals surface area contributed by atoms with Crippen molar-refractivity contribution >= 4 is 32.0 Å². The van der Waals surface area contributed by atoms with E-state index < -0.39 is 53.7 Å². The molecule has 1 fully saturated rings. The summed E-state index contributed by atoms with van der Waals surface area (Å²) >= 11 is 3.10. The fourth-order valence-electron chi connectivity index (χ4n) is 2.34. The summed E-state index contributed by atoms with van der Waals surface area (Å²) in [6.45, 7) is -0.951. The second-order valence-electron chi connectivity index (χ2n) is 5.87. The predicted molar refractivity (Wildman–Crippen MR) is 88.8 cm³/mol. The topological polar surface area (TPSA) is 84.9 Å². The van der Waals surface area contributed by atoms with Crippen LogP contribution in [0.15, 0.2) is 27.6 Å². The highest BCUT2D eigenvalue weighted by molar-refractivity contribution is 9.10. The van der Waals surface area contributed by atoms with E-state index in [1.54, 1.807) is 0 Å². The van der Waals surface area contributed by atoms with Gasteiger partial charge in [-0.05, 0) is 18.2 Å². The zero-order valence-electron chi connectivity index (χ0n) is 14.3. The first kappa shape index (κ1) is 23.5. The van der Waals surface area contributed by atoms with Gasteiger partial charge in [0, 0.05) is 17.6 Å². The molecule has 7 nitrogen and oxygen atoms in total. The van der Waals surface area contributed by atoms with E-state index in [4.69, 9.17) is 4.74 Å². The van der Waals surface area contributed by atoms with Crippen LogP contribution in [-0.2, 0) is 14.8 Å². The maximum atomic E-state index is 12.4. The number of halogens is 7. The molecule has 0 radical (unpaired) electrons. The number of sulfonamides is 1. The molecular formula is C14H13BrF6N2O5S. The summed E-state index contributed by atoms with van der Waals surface area (Å²) in [7, 11) is -2.91. The predicted octanol–water partition coefficient (Wildman–Crippen LogP) is 3.05. The van der Waals surface area contributed by atoms with Crippen LogP contribution in [0.2, 0.25) is 0 Å². The number of nitrogens with zero attached hydrogens (tertiary/aromatic N) is 1. The van der Waals surface area contributed by atoms with Gasteiger partial charge in [-0.25, -0.2) is 17.9 Å². The van der Waals surface area contributed by atoms with E-state index in [-0.39, 0.29) is 10.6 Å². The summed E-state index contributed by atoms with van der Waals surface area (Å²) in [4.78, 5) is 11.8. The van der Waals surface area contributed by atoms with E-state index >= 15 is 0 Å². The number of likely N-dealkylation sites (tertiary alicyclic amines) is 1. The highest BCUT2D eigenvalue weighted by atomic mass is 79.9. The molecule has 1 amide bonds. The third-order valence-electron chi connectivity index (χ3n) is 3.69. The van der Waals surface area contributed by atoms with Crippen LogP contribution in [0.5, 0.6) is 5.75 Å². The zero-order chi connectivity index (χ0) is 22.2. The van der Waals surface area contributed by atoms with E-state index in [9.17, 15) is 39.6 Å². The second kappa shape index (κ2) is 8.18. The number of carbonyl (C=O) groups excluding carboxylic acids is 1. The third-order valence-corrected chi connectivity index (χ3v) is 5.72. The Hall–Kier alpha value is -1.74. The summed E-state index contributed by atoms with van der Waals surface area (Å²) in [6, 6.07) is 3.20. The van der Waals surface area contributed by atoms with Crippen molar-refractivity contribution in [2.45, 2.75) is 29.4 Å². The monoisotopic (exact) mass is 514 g/mol. The summed E-state index contributed by atoms with van der Waals surface area (Å²) in [5, 5.41) is 0. The minimum Gasteiger partial charge on any atom is -0.495 e. The maximum absolute atomic E-state index is 12.4. The molecule has 0 bridgehead atoms. The fraction of sp³-hybridized carbons (Fsp3) is 0.500. The molecule has 1 heterocycles. The minimum atomic E-state index is -5.84. The average molecular weight is 515 g/mol. The van der Waals surface area contributed by atoms with Crippen molar-refractivity contribution in [3.8, 4) is 5.75 Å². The van der Waals surface area contributed by atoms with Gasteiger partial charge in [0.1, 0.15) is 10.6 Å². The van der Waals surface area contributed by atoms with Gasteiger partial charge in [-0.15, -0.1) is 0 Å². The lowest BCUT2D eigenvalue weighted by Crippen LogP contribution is -2.62. The maximum Gasteiger partial charge on any atom is 0.434 e. The molecule has 1 N–H and O–H groups in total. The Balaban J connectivity index is 2.01. The molecular weight excluding hydrogens is 502 g/mol. The fourth-order valence-corrected chi connectivity index (χ4v) is 4.27. The lowest BCUT2D eigenvalue weighted by molar-refractivity contribution is -0.308. The molecule has 1 aromatic carbocycles. The molecule has 0 aromatic heterocycles. The quantitative estimate of drug-likeness (QED) is 0.610. The summed E-state index contributed by atoms with van der Waals surface area (Å²) in [5.74, 6) is 0.00878. The van der Waals surface area contributed by atoms with E-state index in [0.717, 1.165) is 0 Å². The molecule has 1 aliphatic heterocycles.